The maximum atomic E-state index is 13.1. The van der Waals surface area contributed by atoms with Gasteiger partial charge in [-0.2, -0.15) is 4.39 Å². The number of rotatable bonds is 4. The second kappa shape index (κ2) is 5.24. The Labute approximate surface area is 88.0 Å². The van der Waals surface area contributed by atoms with Crippen LogP contribution >= 0.6 is 15.9 Å². The van der Waals surface area contributed by atoms with E-state index in [1.165, 1.54) is 12.1 Å². The summed E-state index contributed by atoms with van der Waals surface area (Å²) >= 11 is 2.83. The maximum Gasteiger partial charge on any atom is 0.201 e. The summed E-state index contributed by atoms with van der Waals surface area (Å²) in [5, 5.41) is 0. The molecule has 0 spiro atoms. The molecule has 0 atom stereocenters. The zero-order valence-electron chi connectivity index (χ0n) is 7.20. The fraction of sp³-hybridized carbons (Fsp3) is 0.333. The number of halogens is 4. The zero-order chi connectivity index (χ0) is 10.6. The highest BCUT2D eigenvalue weighted by atomic mass is 79.9. The van der Waals surface area contributed by atoms with Gasteiger partial charge in [-0.25, -0.2) is 4.39 Å². The summed E-state index contributed by atoms with van der Waals surface area (Å²) in [4.78, 5) is 0. The van der Waals surface area contributed by atoms with E-state index in [1.807, 2.05) is 0 Å². The zero-order valence-corrected chi connectivity index (χ0v) is 8.78. The quantitative estimate of drug-likeness (QED) is 0.600. The summed E-state index contributed by atoms with van der Waals surface area (Å²) in [5.41, 5.74) is 0. The van der Waals surface area contributed by atoms with Crippen molar-refractivity contribution in [2.24, 2.45) is 0 Å². The first kappa shape index (κ1) is 11.4. The molecule has 0 saturated heterocycles. The molecule has 0 bridgehead atoms. The van der Waals surface area contributed by atoms with Crippen LogP contribution in [0.2, 0.25) is 0 Å². The summed E-state index contributed by atoms with van der Waals surface area (Å²) in [6, 6.07) is 2.63. The molecule has 1 rings (SSSR count). The molecule has 0 radical (unpaired) electrons. The van der Waals surface area contributed by atoms with Gasteiger partial charge in [-0.15, -0.1) is 0 Å². The highest BCUT2D eigenvalue weighted by Crippen LogP contribution is 2.25. The molecule has 78 valence electrons. The molecule has 0 saturated carbocycles. The van der Waals surface area contributed by atoms with Gasteiger partial charge in [0.15, 0.2) is 11.6 Å². The highest BCUT2D eigenvalue weighted by Gasteiger charge is 2.12. The van der Waals surface area contributed by atoms with Gasteiger partial charge in [-0.3, -0.25) is 4.39 Å². The lowest BCUT2D eigenvalue weighted by molar-refractivity contribution is 0.273. The van der Waals surface area contributed by atoms with E-state index in [1.54, 1.807) is 0 Å². The molecule has 1 aromatic rings. The molecule has 0 aromatic heterocycles. The average molecular weight is 269 g/mol. The van der Waals surface area contributed by atoms with Gasteiger partial charge in [0.1, 0.15) is 0 Å². The van der Waals surface area contributed by atoms with E-state index in [-0.39, 0.29) is 23.2 Å². The van der Waals surface area contributed by atoms with Crippen LogP contribution in [0.15, 0.2) is 16.6 Å². The molecule has 0 aliphatic heterocycles. The molecular formula is C9H8BrF3O. The van der Waals surface area contributed by atoms with Gasteiger partial charge in [0.05, 0.1) is 17.8 Å². The normalized spacial score (nSPS) is 10.3. The number of alkyl halides is 1. The minimum atomic E-state index is -1.06. The van der Waals surface area contributed by atoms with Crippen LogP contribution in [0.4, 0.5) is 13.2 Å². The minimum Gasteiger partial charge on any atom is -0.490 e. The topological polar surface area (TPSA) is 9.23 Å². The lowest BCUT2D eigenvalue weighted by atomic mass is 10.3. The number of ether oxygens (including phenoxy) is 1. The summed E-state index contributed by atoms with van der Waals surface area (Å²) < 4.78 is 42.5. The van der Waals surface area contributed by atoms with Crippen molar-refractivity contribution in [3.63, 3.8) is 0 Å². The Morgan fingerprint density at radius 1 is 1.21 bits per heavy atom. The third-order valence-electron chi connectivity index (χ3n) is 1.54. The van der Waals surface area contributed by atoms with E-state index in [4.69, 9.17) is 4.74 Å². The molecule has 0 unspecified atom stereocenters. The Morgan fingerprint density at radius 3 is 2.57 bits per heavy atom. The Hall–Kier alpha value is -0.710. The second-order valence-corrected chi connectivity index (χ2v) is 3.42. The monoisotopic (exact) mass is 268 g/mol. The standard InChI is InChI=1S/C9H8BrF3O/c10-6-2-3-7(9(13)8(6)12)14-5-1-4-11/h2-3H,1,4-5H2. The fourth-order valence-electron chi connectivity index (χ4n) is 0.856. The van der Waals surface area contributed by atoms with Crippen LogP contribution in [0, 0.1) is 11.6 Å². The van der Waals surface area contributed by atoms with Crippen LogP contribution in [0.3, 0.4) is 0 Å². The molecule has 1 nitrogen and oxygen atoms in total. The Balaban J connectivity index is 2.73. The van der Waals surface area contributed by atoms with Gasteiger partial charge in [0.25, 0.3) is 0 Å². The third kappa shape index (κ3) is 2.64. The van der Waals surface area contributed by atoms with Crippen LogP contribution in [-0.4, -0.2) is 13.3 Å². The molecule has 0 aliphatic carbocycles. The van der Waals surface area contributed by atoms with Gasteiger partial charge in [0.2, 0.25) is 5.82 Å². The van der Waals surface area contributed by atoms with Crippen molar-refractivity contribution in [2.75, 3.05) is 13.3 Å². The number of hydrogen-bond donors (Lipinski definition) is 0. The van der Waals surface area contributed by atoms with E-state index in [0.717, 1.165) is 0 Å². The molecular weight excluding hydrogens is 261 g/mol. The van der Waals surface area contributed by atoms with Crippen LogP contribution < -0.4 is 4.74 Å². The summed E-state index contributed by atoms with van der Waals surface area (Å²) in [5.74, 6) is -2.25. The van der Waals surface area contributed by atoms with E-state index >= 15 is 0 Å². The summed E-state index contributed by atoms with van der Waals surface area (Å²) in [6.45, 7) is -0.505. The predicted molar refractivity (Wildman–Crippen MR) is 50.1 cm³/mol. The predicted octanol–water partition coefficient (Wildman–Crippen LogP) is 3.47. The van der Waals surface area contributed by atoms with Crippen molar-refractivity contribution >= 4 is 15.9 Å². The van der Waals surface area contributed by atoms with E-state index < -0.39 is 18.3 Å². The lowest BCUT2D eigenvalue weighted by Crippen LogP contribution is -2.01. The molecule has 0 heterocycles. The van der Waals surface area contributed by atoms with E-state index in [9.17, 15) is 13.2 Å². The largest absolute Gasteiger partial charge is 0.490 e. The Morgan fingerprint density at radius 2 is 1.93 bits per heavy atom. The summed E-state index contributed by atoms with van der Waals surface area (Å²) in [6.07, 6.45) is 0.164. The molecule has 0 N–H and O–H groups in total. The Bertz CT molecular complexity index is 317. The number of hydrogen-bond acceptors (Lipinski definition) is 1. The average Bonchev–Trinajstić information content (AvgIpc) is 2.18. The van der Waals surface area contributed by atoms with Gasteiger partial charge in [-0.1, -0.05) is 0 Å². The van der Waals surface area contributed by atoms with Gasteiger partial charge >= 0.3 is 0 Å². The molecule has 0 amide bonds. The molecule has 0 fully saturated rings. The van der Waals surface area contributed by atoms with Crippen molar-refractivity contribution in [1.82, 2.24) is 0 Å². The van der Waals surface area contributed by atoms with Gasteiger partial charge in [-0.05, 0) is 28.1 Å². The first-order chi connectivity index (χ1) is 6.66. The van der Waals surface area contributed by atoms with Crippen molar-refractivity contribution in [3.8, 4) is 5.75 Å². The second-order valence-electron chi connectivity index (χ2n) is 2.56. The highest BCUT2D eigenvalue weighted by molar-refractivity contribution is 9.10. The van der Waals surface area contributed by atoms with Gasteiger partial charge < -0.3 is 4.74 Å². The van der Waals surface area contributed by atoms with Crippen molar-refractivity contribution < 1.29 is 17.9 Å². The SMILES string of the molecule is FCCCOc1ccc(Br)c(F)c1F. The van der Waals surface area contributed by atoms with Crippen molar-refractivity contribution in [1.29, 1.82) is 0 Å². The fourth-order valence-corrected chi connectivity index (χ4v) is 1.16. The molecule has 1 aromatic carbocycles. The Kier molecular flexibility index (Phi) is 4.25. The minimum absolute atomic E-state index is 0.0350. The third-order valence-corrected chi connectivity index (χ3v) is 2.15. The van der Waals surface area contributed by atoms with Crippen molar-refractivity contribution in [3.05, 3.63) is 28.2 Å². The van der Waals surface area contributed by atoms with Crippen LogP contribution in [0.25, 0.3) is 0 Å². The first-order valence-corrected chi connectivity index (χ1v) is 4.78. The smallest absolute Gasteiger partial charge is 0.201 e. The molecule has 0 aliphatic rings. The van der Waals surface area contributed by atoms with E-state index in [0.29, 0.717) is 0 Å². The molecule has 14 heavy (non-hydrogen) atoms. The first-order valence-electron chi connectivity index (χ1n) is 3.99. The van der Waals surface area contributed by atoms with Crippen LogP contribution in [0.1, 0.15) is 6.42 Å². The van der Waals surface area contributed by atoms with Crippen molar-refractivity contribution in [2.45, 2.75) is 6.42 Å². The van der Waals surface area contributed by atoms with Crippen LogP contribution in [0.5, 0.6) is 5.75 Å². The lowest BCUT2D eigenvalue weighted by Gasteiger charge is -2.06. The van der Waals surface area contributed by atoms with Gasteiger partial charge in [0, 0.05) is 6.42 Å². The number of benzene rings is 1. The summed E-state index contributed by atoms with van der Waals surface area (Å²) in [7, 11) is 0. The molecule has 5 heteroatoms. The van der Waals surface area contributed by atoms with Crippen LogP contribution in [-0.2, 0) is 0 Å². The maximum absolute atomic E-state index is 13.1. The van der Waals surface area contributed by atoms with E-state index in [2.05, 4.69) is 15.9 Å².